The highest BCUT2D eigenvalue weighted by atomic mass is 16.5. The molecule has 2 aromatic carbocycles. The number of carboxylic acids is 1. The molecule has 0 aliphatic carbocycles. The van der Waals surface area contributed by atoms with Gasteiger partial charge in [0.25, 0.3) is 5.91 Å². The number of carbonyl (C=O) groups excluding carboxylic acids is 2. The van der Waals surface area contributed by atoms with Crippen LogP contribution in [0, 0.1) is 11.8 Å². The second kappa shape index (κ2) is 8.68. The number of nitrogens with zero attached hydrogens (tertiary/aromatic N) is 2. The van der Waals surface area contributed by atoms with Crippen molar-refractivity contribution in [2.45, 2.75) is 20.3 Å². The molecule has 150 valence electrons. The third kappa shape index (κ3) is 4.34. The van der Waals surface area contributed by atoms with Crippen molar-refractivity contribution >= 4 is 29.1 Å². The molecule has 1 N–H and O–H groups in total. The fourth-order valence-electron chi connectivity index (χ4n) is 3.37. The molecule has 1 heterocycles. The zero-order chi connectivity index (χ0) is 21.0. The molecule has 0 saturated heterocycles. The molecular formula is C22H22N2O5. The number of anilines is 1. The summed E-state index contributed by atoms with van der Waals surface area (Å²) in [5, 5.41) is 15.2. The minimum absolute atomic E-state index is 0.296. The molecule has 1 aliphatic heterocycles. The maximum absolute atomic E-state index is 12.9. The Bertz CT molecular complexity index is 937. The van der Waals surface area contributed by atoms with Crippen LogP contribution in [0.4, 0.5) is 5.69 Å². The molecule has 0 aromatic heterocycles. The Morgan fingerprint density at radius 1 is 1.14 bits per heavy atom. The molecule has 0 saturated carbocycles. The van der Waals surface area contributed by atoms with Gasteiger partial charge in [0.15, 0.2) is 5.78 Å². The summed E-state index contributed by atoms with van der Waals surface area (Å²) in [6.45, 7) is 3.98. The van der Waals surface area contributed by atoms with E-state index in [1.807, 2.05) is 13.0 Å². The summed E-state index contributed by atoms with van der Waals surface area (Å²) in [6, 6.07) is 15.3. The molecule has 1 aliphatic rings. The van der Waals surface area contributed by atoms with Gasteiger partial charge in [-0.1, -0.05) is 18.2 Å². The van der Waals surface area contributed by atoms with Gasteiger partial charge < -0.3 is 9.84 Å². The van der Waals surface area contributed by atoms with E-state index in [1.54, 1.807) is 55.5 Å². The SMILES string of the molecule is CCOc1ccc(C(=O)C[C@@H](C(=O)O)[C@@H]2C(=O)N(c3ccccc3)N=C2C)cc1. The average molecular weight is 394 g/mol. The van der Waals surface area contributed by atoms with E-state index >= 15 is 0 Å². The lowest BCUT2D eigenvalue weighted by Gasteiger charge is -2.19. The Labute approximate surface area is 168 Å². The first-order valence-corrected chi connectivity index (χ1v) is 9.35. The molecule has 0 fully saturated rings. The van der Waals surface area contributed by atoms with Crippen molar-refractivity contribution in [1.82, 2.24) is 0 Å². The highest BCUT2D eigenvalue weighted by Crippen LogP contribution is 2.31. The Morgan fingerprint density at radius 3 is 2.38 bits per heavy atom. The lowest BCUT2D eigenvalue weighted by molar-refractivity contribution is -0.144. The number of rotatable bonds is 8. The highest BCUT2D eigenvalue weighted by Gasteiger charge is 2.44. The molecule has 0 bridgehead atoms. The van der Waals surface area contributed by atoms with Crippen LogP contribution >= 0.6 is 0 Å². The number of carbonyl (C=O) groups is 3. The Balaban J connectivity index is 1.79. The van der Waals surface area contributed by atoms with Crippen LogP contribution < -0.4 is 9.75 Å². The van der Waals surface area contributed by atoms with Crippen molar-refractivity contribution in [2.24, 2.45) is 16.9 Å². The summed E-state index contributed by atoms with van der Waals surface area (Å²) < 4.78 is 5.35. The molecule has 2 atom stereocenters. The van der Waals surface area contributed by atoms with Crippen LogP contribution in [0.2, 0.25) is 0 Å². The van der Waals surface area contributed by atoms with E-state index in [0.717, 1.165) is 0 Å². The normalized spacial score (nSPS) is 17.0. The van der Waals surface area contributed by atoms with E-state index < -0.39 is 23.7 Å². The maximum atomic E-state index is 12.9. The van der Waals surface area contributed by atoms with Gasteiger partial charge in [-0.3, -0.25) is 14.4 Å². The molecule has 1 amide bonds. The van der Waals surface area contributed by atoms with E-state index in [-0.39, 0.29) is 12.2 Å². The van der Waals surface area contributed by atoms with Crippen LogP contribution in [0.1, 0.15) is 30.6 Å². The lowest BCUT2D eigenvalue weighted by atomic mass is 9.83. The third-order valence-electron chi connectivity index (χ3n) is 4.80. The van der Waals surface area contributed by atoms with Gasteiger partial charge >= 0.3 is 5.97 Å². The van der Waals surface area contributed by atoms with Gasteiger partial charge in [0.2, 0.25) is 0 Å². The van der Waals surface area contributed by atoms with Gasteiger partial charge in [-0.15, -0.1) is 0 Å². The van der Waals surface area contributed by atoms with Crippen LogP contribution in [0.15, 0.2) is 59.7 Å². The van der Waals surface area contributed by atoms with Crippen molar-refractivity contribution < 1.29 is 24.2 Å². The van der Waals surface area contributed by atoms with Crippen LogP contribution in [-0.4, -0.2) is 35.1 Å². The molecule has 0 spiro atoms. The van der Waals surface area contributed by atoms with Crippen LogP contribution in [0.5, 0.6) is 5.75 Å². The summed E-state index contributed by atoms with van der Waals surface area (Å²) >= 11 is 0. The third-order valence-corrected chi connectivity index (χ3v) is 4.80. The summed E-state index contributed by atoms with van der Waals surface area (Å²) in [5.41, 5.74) is 1.31. The smallest absolute Gasteiger partial charge is 0.308 e. The quantitative estimate of drug-likeness (QED) is 0.692. The lowest BCUT2D eigenvalue weighted by Crippen LogP contribution is -2.37. The number of hydrazone groups is 1. The zero-order valence-corrected chi connectivity index (χ0v) is 16.2. The number of amides is 1. The first kappa shape index (κ1) is 20.3. The van der Waals surface area contributed by atoms with E-state index in [1.165, 1.54) is 5.01 Å². The first-order valence-electron chi connectivity index (χ1n) is 9.35. The van der Waals surface area contributed by atoms with E-state index in [2.05, 4.69) is 5.10 Å². The molecule has 29 heavy (non-hydrogen) atoms. The number of aliphatic carboxylic acids is 1. The molecule has 0 unspecified atom stereocenters. The van der Waals surface area contributed by atoms with Crippen LogP contribution in [0.25, 0.3) is 0 Å². The van der Waals surface area contributed by atoms with Gasteiger partial charge in [-0.05, 0) is 50.2 Å². The summed E-state index contributed by atoms with van der Waals surface area (Å²) in [7, 11) is 0. The van der Waals surface area contributed by atoms with Crippen molar-refractivity contribution in [3.63, 3.8) is 0 Å². The standard InChI is InChI=1S/C22H22N2O5/c1-3-29-17-11-9-15(10-12-17)19(25)13-18(22(27)28)20-14(2)23-24(21(20)26)16-7-5-4-6-8-16/h4-12,18,20H,3,13H2,1-2H3,(H,27,28)/t18-,20-/m1/s1. The van der Waals surface area contributed by atoms with Gasteiger partial charge in [0, 0.05) is 17.7 Å². The van der Waals surface area contributed by atoms with Gasteiger partial charge in [-0.25, -0.2) is 5.01 Å². The zero-order valence-electron chi connectivity index (χ0n) is 16.2. The number of hydrogen-bond acceptors (Lipinski definition) is 5. The molecule has 3 rings (SSSR count). The number of Topliss-reactive ketones (excluding diaryl/α,β-unsaturated/α-hetero) is 1. The minimum atomic E-state index is -1.20. The average Bonchev–Trinajstić information content (AvgIpc) is 3.01. The fourth-order valence-corrected chi connectivity index (χ4v) is 3.37. The van der Waals surface area contributed by atoms with Crippen molar-refractivity contribution in [1.29, 1.82) is 0 Å². The predicted molar refractivity (Wildman–Crippen MR) is 108 cm³/mol. The molecule has 7 heteroatoms. The molecule has 2 aromatic rings. The Morgan fingerprint density at radius 2 is 1.79 bits per heavy atom. The van der Waals surface area contributed by atoms with E-state index in [0.29, 0.717) is 29.3 Å². The largest absolute Gasteiger partial charge is 0.494 e. The Hall–Kier alpha value is -3.48. The van der Waals surface area contributed by atoms with Gasteiger partial charge in [-0.2, -0.15) is 5.10 Å². The van der Waals surface area contributed by atoms with E-state index in [4.69, 9.17) is 4.74 Å². The molecule has 7 nitrogen and oxygen atoms in total. The van der Waals surface area contributed by atoms with Crippen molar-refractivity contribution in [2.75, 3.05) is 11.6 Å². The second-order valence-corrected chi connectivity index (χ2v) is 6.73. The highest BCUT2D eigenvalue weighted by molar-refractivity contribution is 6.17. The number of carboxylic acid groups (broad SMARTS) is 1. The maximum Gasteiger partial charge on any atom is 0.308 e. The van der Waals surface area contributed by atoms with Gasteiger partial charge in [0.1, 0.15) is 5.75 Å². The van der Waals surface area contributed by atoms with Crippen LogP contribution in [0.3, 0.4) is 0 Å². The van der Waals surface area contributed by atoms with Gasteiger partial charge in [0.05, 0.1) is 24.1 Å². The first-order chi connectivity index (χ1) is 13.9. The number of benzene rings is 2. The summed E-state index contributed by atoms with van der Waals surface area (Å²) in [5.74, 6) is -3.54. The number of hydrogen-bond donors (Lipinski definition) is 1. The fraction of sp³-hybridized carbons (Fsp3) is 0.273. The van der Waals surface area contributed by atoms with Crippen LogP contribution in [-0.2, 0) is 9.59 Å². The van der Waals surface area contributed by atoms with E-state index in [9.17, 15) is 19.5 Å². The number of ether oxygens (including phenoxy) is 1. The minimum Gasteiger partial charge on any atom is -0.494 e. The Kier molecular flexibility index (Phi) is 6.07. The predicted octanol–water partition coefficient (Wildman–Crippen LogP) is 3.40. The molecule has 0 radical (unpaired) electrons. The number of ketones is 1. The second-order valence-electron chi connectivity index (χ2n) is 6.73. The number of para-hydroxylation sites is 1. The van der Waals surface area contributed by atoms with Crippen molar-refractivity contribution in [3.05, 3.63) is 60.2 Å². The topological polar surface area (TPSA) is 96.3 Å². The molecular weight excluding hydrogens is 372 g/mol. The monoisotopic (exact) mass is 394 g/mol. The summed E-state index contributed by atoms with van der Waals surface area (Å²) in [6.07, 6.45) is -0.296. The summed E-state index contributed by atoms with van der Waals surface area (Å²) in [4.78, 5) is 37.5. The van der Waals surface area contributed by atoms with Crippen molar-refractivity contribution in [3.8, 4) is 5.75 Å².